The molecule has 7 heteroatoms. The van der Waals surface area contributed by atoms with Gasteiger partial charge in [-0.3, -0.25) is 4.90 Å². The van der Waals surface area contributed by atoms with Crippen LogP contribution in [-0.2, 0) is 14.8 Å². The van der Waals surface area contributed by atoms with Crippen LogP contribution in [0.2, 0.25) is 5.02 Å². The Bertz CT molecular complexity index is 624. The van der Waals surface area contributed by atoms with E-state index >= 15 is 0 Å². The standard InChI is InChI=1S/C16H23ClN2O3S/c17-14-4-3-6-16(12-14)23(20,21)19-9-7-18(8-10-19)13-15-5-1-2-11-22-15/h3-4,6,12,15H,1-2,5,7-11,13H2/t15-/m1/s1. The quantitative estimate of drug-likeness (QED) is 0.828. The number of ether oxygens (including phenoxy) is 1. The van der Waals surface area contributed by atoms with Crippen molar-refractivity contribution in [3.63, 3.8) is 0 Å². The SMILES string of the molecule is O=S(=O)(c1cccc(Cl)c1)N1CCN(C[C@H]2CCCCO2)CC1. The van der Waals surface area contributed by atoms with Crippen LogP contribution < -0.4 is 0 Å². The highest BCUT2D eigenvalue weighted by Gasteiger charge is 2.29. The van der Waals surface area contributed by atoms with Crippen molar-refractivity contribution in [1.29, 1.82) is 0 Å². The highest BCUT2D eigenvalue weighted by Crippen LogP contribution is 2.21. The monoisotopic (exact) mass is 358 g/mol. The van der Waals surface area contributed by atoms with E-state index in [1.54, 1.807) is 22.5 Å². The number of benzene rings is 1. The summed E-state index contributed by atoms with van der Waals surface area (Å²) < 4.78 is 32.6. The minimum Gasteiger partial charge on any atom is -0.377 e. The molecule has 128 valence electrons. The van der Waals surface area contributed by atoms with Crippen molar-refractivity contribution >= 4 is 21.6 Å². The molecule has 0 bridgehead atoms. The average Bonchev–Trinajstić information content (AvgIpc) is 2.56. The first kappa shape index (κ1) is 17.2. The molecule has 1 aromatic carbocycles. The van der Waals surface area contributed by atoms with Crippen molar-refractivity contribution in [3.8, 4) is 0 Å². The smallest absolute Gasteiger partial charge is 0.243 e. The zero-order chi connectivity index (χ0) is 16.3. The Kier molecular flexibility index (Phi) is 5.59. The molecule has 0 amide bonds. The Morgan fingerprint density at radius 3 is 2.61 bits per heavy atom. The molecule has 0 saturated carbocycles. The summed E-state index contributed by atoms with van der Waals surface area (Å²) in [6.45, 7) is 4.29. The summed E-state index contributed by atoms with van der Waals surface area (Å²) in [5.74, 6) is 0. The van der Waals surface area contributed by atoms with Crippen LogP contribution in [0.25, 0.3) is 0 Å². The number of rotatable bonds is 4. The molecule has 0 N–H and O–H groups in total. The molecule has 0 aromatic heterocycles. The van der Waals surface area contributed by atoms with Crippen molar-refractivity contribution in [1.82, 2.24) is 9.21 Å². The van der Waals surface area contributed by atoms with E-state index < -0.39 is 10.0 Å². The van der Waals surface area contributed by atoms with E-state index in [9.17, 15) is 8.42 Å². The van der Waals surface area contributed by atoms with E-state index in [2.05, 4.69) is 4.90 Å². The van der Waals surface area contributed by atoms with Gasteiger partial charge in [0.2, 0.25) is 10.0 Å². The zero-order valence-corrected chi connectivity index (χ0v) is 14.7. The molecule has 3 rings (SSSR count). The van der Waals surface area contributed by atoms with Crippen LogP contribution in [0.3, 0.4) is 0 Å². The van der Waals surface area contributed by atoms with Crippen LogP contribution in [0.5, 0.6) is 0 Å². The first-order chi connectivity index (χ1) is 11.1. The van der Waals surface area contributed by atoms with E-state index in [4.69, 9.17) is 16.3 Å². The predicted molar refractivity (Wildman–Crippen MR) is 90.2 cm³/mol. The van der Waals surface area contributed by atoms with Crippen LogP contribution in [0.1, 0.15) is 19.3 Å². The molecule has 0 radical (unpaired) electrons. The van der Waals surface area contributed by atoms with Gasteiger partial charge in [-0.2, -0.15) is 4.31 Å². The second-order valence-electron chi connectivity index (χ2n) is 6.15. The summed E-state index contributed by atoms with van der Waals surface area (Å²) in [5.41, 5.74) is 0. The van der Waals surface area contributed by atoms with Crippen molar-refractivity contribution in [2.75, 3.05) is 39.3 Å². The Morgan fingerprint density at radius 2 is 1.96 bits per heavy atom. The molecule has 5 nitrogen and oxygen atoms in total. The van der Waals surface area contributed by atoms with Gasteiger partial charge in [0.25, 0.3) is 0 Å². The number of hydrogen-bond acceptors (Lipinski definition) is 4. The Hall–Kier alpha value is -0.660. The van der Waals surface area contributed by atoms with Gasteiger partial charge >= 0.3 is 0 Å². The largest absolute Gasteiger partial charge is 0.377 e. The van der Waals surface area contributed by atoms with Crippen molar-refractivity contribution in [2.24, 2.45) is 0 Å². The molecule has 2 heterocycles. The van der Waals surface area contributed by atoms with E-state index in [0.717, 1.165) is 39.1 Å². The zero-order valence-electron chi connectivity index (χ0n) is 13.2. The molecule has 2 fully saturated rings. The first-order valence-corrected chi connectivity index (χ1v) is 9.97. The van der Waals surface area contributed by atoms with Gasteiger partial charge in [0.1, 0.15) is 0 Å². The van der Waals surface area contributed by atoms with Crippen LogP contribution in [0.15, 0.2) is 29.2 Å². The van der Waals surface area contributed by atoms with E-state index in [0.29, 0.717) is 24.2 Å². The lowest BCUT2D eigenvalue weighted by molar-refractivity contribution is -0.0103. The van der Waals surface area contributed by atoms with Crippen LogP contribution in [0.4, 0.5) is 0 Å². The number of nitrogens with zero attached hydrogens (tertiary/aromatic N) is 2. The average molecular weight is 359 g/mol. The maximum Gasteiger partial charge on any atom is 0.243 e. The summed E-state index contributed by atoms with van der Waals surface area (Å²) in [7, 11) is -3.45. The molecule has 2 saturated heterocycles. The minimum atomic E-state index is -3.45. The van der Waals surface area contributed by atoms with Gasteiger partial charge in [-0.05, 0) is 37.5 Å². The number of halogens is 1. The fourth-order valence-electron chi connectivity index (χ4n) is 3.17. The number of sulfonamides is 1. The molecule has 2 aliphatic heterocycles. The maximum atomic E-state index is 12.7. The Morgan fingerprint density at radius 1 is 1.17 bits per heavy atom. The summed E-state index contributed by atoms with van der Waals surface area (Å²) in [5, 5.41) is 0.444. The van der Waals surface area contributed by atoms with Gasteiger partial charge in [0.15, 0.2) is 0 Å². The number of piperazine rings is 1. The van der Waals surface area contributed by atoms with Crippen LogP contribution >= 0.6 is 11.6 Å². The normalized spacial score (nSPS) is 24.7. The lowest BCUT2D eigenvalue weighted by atomic mass is 10.1. The second-order valence-corrected chi connectivity index (χ2v) is 8.53. The molecular formula is C16H23ClN2O3S. The Labute approximate surface area is 143 Å². The van der Waals surface area contributed by atoms with Gasteiger partial charge in [0.05, 0.1) is 11.0 Å². The third-order valence-corrected chi connectivity index (χ3v) is 6.63. The van der Waals surface area contributed by atoms with Gasteiger partial charge in [-0.1, -0.05) is 17.7 Å². The molecule has 1 aromatic rings. The highest BCUT2D eigenvalue weighted by molar-refractivity contribution is 7.89. The molecule has 2 aliphatic rings. The van der Waals surface area contributed by atoms with E-state index in [1.165, 1.54) is 12.5 Å². The third-order valence-electron chi connectivity index (χ3n) is 4.50. The fourth-order valence-corrected chi connectivity index (χ4v) is 4.89. The summed E-state index contributed by atoms with van der Waals surface area (Å²) in [6, 6.07) is 6.47. The lowest BCUT2D eigenvalue weighted by Gasteiger charge is -2.36. The maximum absolute atomic E-state index is 12.7. The van der Waals surface area contributed by atoms with Crippen LogP contribution in [-0.4, -0.2) is 63.1 Å². The highest BCUT2D eigenvalue weighted by atomic mass is 35.5. The van der Waals surface area contributed by atoms with Gasteiger partial charge in [0, 0.05) is 44.4 Å². The summed E-state index contributed by atoms with van der Waals surface area (Å²) >= 11 is 5.92. The van der Waals surface area contributed by atoms with E-state index in [-0.39, 0.29) is 4.90 Å². The van der Waals surface area contributed by atoms with Crippen LogP contribution in [0, 0.1) is 0 Å². The third kappa shape index (κ3) is 4.25. The van der Waals surface area contributed by atoms with Crippen molar-refractivity contribution in [3.05, 3.63) is 29.3 Å². The Balaban J connectivity index is 1.57. The van der Waals surface area contributed by atoms with Gasteiger partial charge in [-0.25, -0.2) is 8.42 Å². The van der Waals surface area contributed by atoms with Crippen molar-refractivity contribution in [2.45, 2.75) is 30.3 Å². The fraction of sp³-hybridized carbons (Fsp3) is 0.625. The predicted octanol–water partition coefficient (Wildman–Crippen LogP) is 2.22. The summed E-state index contributed by atoms with van der Waals surface area (Å²) in [6.07, 6.45) is 3.80. The number of hydrogen-bond donors (Lipinski definition) is 0. The molecular weight excluding hydrogens is 336 g/mol. The first-order valence-electron chi connectivity index (χ1n) is 8.15. The lowest BCUT2D eigenvalue weighted by Crippen LogP contribution is -2.50. The molecule has 1 atom stereocenters. The van der Waals surface area contributed by atoms with Gasteiger partial charge < -0.3 is 4.74 Å². The van der Waals surface area contributed by atoms with Gasteiger partial charge in [-0.15, -0.1) is 0 Å². The van der Waals surface area contributed by atoms with E-state index in [1.807, 2.05) is 0 Å². The summed E-state index contributed by atoms with van der Waals surface area (Å²) in [4.78, 5) is 2.58. The van der Waals surface area contributed by atoms with Crippen molar-refractivity contribution < 1.29 is 13.2 Å². The molecule has 0 spiro atoms. The second kappa shape index (κ2) is 7.49. The molecule has 23 heavy (non-hydrogen) atoms. The topological polar surface area (TPSA) is 49.9 Å². The molecule has 0 unspecified atom stereocenters. The molecule has 0 aliphatic carbocycles. The minimum absolute atomic E-state index is 0.272.